The smallest absolute Gasteiger partial charge is 0.0642 e. The summed E-state index contributed by atoms with van der Waals surface area (Å²) in [6.45, 7) is 3.32. The van der Waals surface area contributed by atoms with Crippen molar-refractivity contribution < 1.29 is 4.74 Å². The fourth-order valence-electron chi connectivity index (χ4n) is 3.04. The maximum absolute atomic E-state index is 6.29. The maximum atomic E-state index is 6.29. The molecule has 1 heterocycles. The summed E-state index contributed by atoms with van der Waals surface area (Å²) in [6.07, 6.45) is 5.91. The molecule has 5 heteroatoms. The largest absolute Gasteiger partial charge is 0.378 e. The normalized spacial score (nSPS) is 21.3. The highest BCUT2D eigenvalue weighted by Gasteiger charge is 2.25. The van der Waals surface area contributed by atoms with Gasteiger partial charge in [-0.25, -0.2) is 0 Å². The van der Waals surface area contributed by atoms with E-state index >= 15 is 0 Å². The van der Waals surface area contributed by atoms with E-state index in [-0.39, 0.29) is 0 Å². The summed E-state index contributed by atoms with van der Waals surface area (Å²) in [4.78, 5) is 2.37. The third kappa shape index (κ3) is 3.18. The van der Waals surface area contributed by atoms with Crippen LogP contribution < -0.4 is 5.84 Å². The zero-order valence-electron chi connectivity index (χ0n) is 12.5. The van der Waals surface area contributed by atoms with Gasteiger partial charge in [0, 0.05) is 23.8 Å². The van der Waals surface area contributed by atoms with Crippen LogP contribution in [0.15, 0.2) is 46.2 Å². The monoisotopic (exact) mass is 317 g/mol. The molecule has 1 aliphatic carbocycles. The molecule has 0 spiro atoms. The Morgan fingerprint density at radius 1 is 1.18 bits per heavy atom. The number of morpholine rings is 1. The van der Waals surface area contributed by atoms with Gasteiger partial charge in [-0.2, -0.15) is 5.10 Å². The summed E-state index contributed by atoms with van der Waals surface area (Å²) in [5.41, 5.74) is 4.79. The lowest BCUT2D eigenvalue weighted by Crippen LogP contribution is -2.36. The zero-order chi connectivity index (χ0) is 15.4. The Bertz CT molecular complexity index is 631. The summed E-state index contributed by atoms with van der Waals surface area (Å²) in [6, 6.07) is 7.92. The molecule has 0 bridgehead atoms. The molecule has 1 aromatic rings. The summed E-state index contributed by atoms with van der Waals surface area (Å²) < 4.78 is 5.46. The Balaban J connectivity index is 1.98. The van der Waals surface area contributed by atoms with Gasteiger partial charge in [-0.3, -0.25) is 0 Å². The molecule has 2 aliphatic rings. The number of hydrogen-bond donors (Lipinski definition) is 1. The minimum absolute atomic E-state index is 0.760. The summed E-state index contributed by atoms with van der Waals surface area (Å²) in [5.74, 6) is 5.37. The van der Waals surface area contributed by atoms with Gasteiger partial charge in [0.1, 0.15) is 0 Å². The summed E-state index contributed by atoms with van der Waals surface area (Å²) in [5, 5.41) is 4.50. The second-order valence-corrected chi connectivity index (χ2v) is 5.85. The quantitative estimate of drug-likeness (QED) is 0.529. The van der Waals surface area contributed by atoms with Crippen molar-refractivity contribution in [3.05, 3.63) is 51.7 Å². The van der Waals surface area contributed by atoms with Crippen molar-refractivity contribution in [2.75, 3.05) is 26.3 Å². The number of nitrogens with zero attached hydrogens (tertiary/aromatic N) is 2. The molecule has 1 aromatic carbocycles. The van der Waals surface area contributed by atoms with E-state index in [9.17, 15) is 0 Å². The molecular formula is C17H20ClN3O. The van der Waals surface area contributed by atoms with E-state index in [2.05, 4.69) is 16.1 Å². The first kappa shape index (κ1) is 15.1. The van der Waals surface area contributed by atoms with Crippen LogP contribution in [0.1, 0.15) is 18.4 Å². The Labute approximate surface area is 135 Å². The molecule has 0 atom stereocenters. The number of hydrogen-bond acceptors (Lipinski definition) is 4. The fraction of sp³-hybridized carbons (Fsp3) is 0.353. The van der Waals surface area contributed by atoms with Crippen LogP contribution >= 0.6 is 11.6 Å². The van der Waals surface area contributed by atoms with Gasteiger partial charge in [0.15, 0.2) is 0 Å². The third-order valence-electron chi connectivity index (χ3n) is 4.06. The molecule has 2 N–H and O–H groups in total. The maximum Gasteiger partial charge on any atom is 0.0642 e. The Hall–Kier alpha value is -1.78. The molecule has 3 rings (SSSR count). The standard InChI is InChI=1S/C17H20ClN3O/c18-16-4-2-1-3-13(16)11-14-5-6-15(12-20-19)17(14)21-7-9-22-10-8-21/h1-4,11-12H,5-10,19H2/b14-11-,20-12-. The third-order valence-corrected chi connectivity index (χ3v) is 4.41. The van der Waals surface area contributed by atoms with E-state index in [1.807, 2.05) is 24.3 Å². The molecule has 4 nitrogen and oxygen atoms in total. The van der Waals surface area contributed by atoms with Gasteiger partial charge in [-0.05, 0) is 41.7 Å². The highest BCUT2D eigenvalue weighted by Crippen LogP contribution is 2.35. The van der Waals surface area contributed by atoms with Crippen LogP contribution in [-0.4, -0.2) is 37.4 Å². The van der Waals surface area contributed by atoms with Crippen LogP contribution in [-0.2, 0) is 4.74 Å². The van der Waals surface area contributed by atoms with E-state index in [0.717, 1.165) is 49.7 Å². The van der Waals surface area contributed by atoms with E-state index in [4.69, 9.17) is 22.2 Å². The van der Waals surface area contributed by atoms with Gasteiger partial charge in [0.25, 0.3) is 0 Å². The van der Waals surface area contributed by atoms with Crippen LogP contribution in [0, 0.1) is 0 Å². The first-order valence-electron chi connectivity index (χ1n) is 7.54. The molecule has 1 saturated heterocycles. The van der Waals surface area contributed by atoms with Crippen LogP contribution in [0.3, 0.4) is 0 Å². The first-order valence-corrected chi connectivity index (χ1v) is 7.92. The molecular weight excluding hydrogens is 298 g/mol. The van der Waals surface area contributed by atoms with Gasteiger partial charge in [-0.1, -0.05) is 29.8 Å². The van der Waals surface area contributed by atoms with Crippen LogP contribution in [0.5, 0.6) is 0 Å². The topological polar surface area (TPSA) is 50.8 Å². The summed E-state index contributed by atoms with van der Waals surface area (Å²) in [7, 11) is 0. The van der Waals surface area contributed by atoms with Crippen molar-refractivity contribution in [2.45, 2.75) is 12.8 Å². The van der Waals surface area contributed by atoms with Crippen molar-refractivity contribution in [3.8, 4) is 0 Å². The molecule has 1 fully saturated rings. The summed E-state index contributed by atoms with van der Waals surface area (Å²) >= 11 is 6.29. The predicted octanol–water partition coefficient (Wildman–Crippen LogP) is 3.05. The molecule has 0 saturated carbocycles. The van der Waals surface area contributed by atoms with Crippen LogP contribution in [0.4, 0.5) is 0 Å². The lowest BCUT2D eigenvalue weighted by atomic mass is 10.1. The Morgan fingerprint density at radius 2 is 1.95 bits per heavy atom. The molecule has 1 aliphatic heterocycles. The zero-order valence-corrected chi connectivity index (χ0v) is 13.2. The van der Waals surface area contributed by atoms with Gasteiger partial charge in [0.05, 0.1) is 19.4 Å². The Morgan fingerprint density at radius 3 is 2.68 bits per heavy atom. The fourth-order valence-corrected chi connectivity index (χ4v) is 3.23. The number of halogens is 1. The average molecular weight is 318 g/mol. The number of rotatable bonds is 3. The Kier molecular flexibility index (Phi) is 4.80. The predicted molar refractivity (Wildman–Crippen MR) is 90.8 cm³/mol. The first-order chi connectivity index (χ1) is 10.8. The molecule has 0 aromatic heterocycles. The van der Waals surface area contributed by atoms with Crippen molar-refractivity contribution in [3.63, 3.8) is 0 Å². The minimum Gasteiger partial charge on any atom is -0.378 e. The molecule has 116 valence electrons. The number of nitrogens with two attached hydrogens (primary N) is 1. The van der Waals surface area contributed by atoms with Gasteiger partial charge < -0.3 is 15.5 Å². The SMILES string of the molecule is N/N=C\C1=C(N2CCOCC2)C(=C\c2ccccc2Cl)/CC1. The van der Waals surface area contributed by atoms with E-state index < -0.39 is 0 Å². The highest BCUT2D eigenvalue weighted by atomic mass is 35.5. The van der Waals surface area contributed by atoms with E-state index in [1.165, 1.54) is 16.8 Å². The number of hydrazone groups is 1. The van der Waals surface area contributed by atoms with Crippen molar-refractivity contribution in [1.29, 1.82) is 0 Å². The lowest BCUT2D eigenvalue weighted by molar-refractivity contribution is 0.0548. The number of ether oxygens (including phenoxy) is 1. The van der Waals surface area contributed by atoms with Crippen molar-refractivity contribution >= 4 is 23.9 Å². The minimum atomic E-state index is 0.760. The van der Waals surface area contributed by atoms with Crippen molar-refractivity contribution in [2.24, 2.45) is 10.9 Å². The van der Waals surface area contributed by atoms with E-state index in [1.54, 1.807) is 6.21 Å². The molecule has 0 unspecified atom stereocenters. The number of benzene rings is 1. The lowest BCUT2D eigenvalue weighted by Gasteiger charge is -2.31. The van der Waals surface area contributed by atoms with Crippen LogP contribution in [0.2, 0.25) is 5.02 Å². The molecule has 22 heavy (non-hydrogen) atoms. The van der Waals surface area contributed by atoms with Gasteiger partial charge in [0.2, 0.25) is 0 Å². The second-order valence-electron chi connectivity index (χ2n) is 5.44. The second kappa shape index (κ2) is 6.99. The van der Waals surface area contributed by atoms with Crippen LogP contribution in [0.25, 0.3) is 6.08 Å². The van der Waals surface area contributed by atoms with Gasteiger partial charge >= 0.3 is 0 Å². The van der Waals surface area contributed by atoms with Gasteiger partial charge in [-0.15, -0.1) is 0 Å². The van der Waals surface area contributed by atoms with Crippen molar-refractivity contribution in [1.82, 2.24) is 4.90 Å². The highest BCUT2D eigenvalue weighted by molar-refractivity contribution is 6.32. The molecule has 0 amide bonds. The average Bonchev–Trinajstić information content (AvgIpc) is 2.93. The van der Waals surface area contributed by atoms with E-state index in [0.29, 0.717) is 0 Å². The molecule has 0 radical (unpaired) electrons. The number of allylic oxidation sites excluding steroid dienone is 2.